The molecule has 1 N–H and O–H groups in total. The van der Waals surface area contributed by atoms with Crippen molar-refractivity contribution >= 4 is 23.4 Å². The lowest BCUT2D eigenvalue weighted by molar-refractivity contribution is -0.115. The van der Waals surface area contributed by atoms with Gasteiger partial charge in [0.1, 0.15) is 5.82 Å². The third-order valence-electron chi connectivity index (χ3n) is 4.49. The first-order chi connectivity index (χ1) is 12.9. The second-order valence-electron chi connectivity index (χ2n) is 6.52. The number of hydrogen-bond donors (Lipinski definition) is 1. The average Bonchev–Trinajstić information content (AvgIpc) is 3.10. The van der Waals surface area contributed by atoms with E-state index >= 15 is 0 Å². The van der Waals surface area contributed by atoms with Gasteiger partial charge in [0.2, 0.25) is 5.91 Å². The summed E-state index contributed by atoms with van der Waals surface area (Å²) in [4.78, 5) is 12.7. The highest BCUT2D eigenvalue weighted by atomic mass is 32.2. The van der Waals surface area contributed by atoms with Crippen LogP contribution in [-0.2, 0) is 18.4 Å². The molecule has 8 heteroatoms. The van der Waals surface area contributed by atoms with Crippen molar-refractivity contribution in [2.24, 2.45) is 7.05 Å². The maximum atomic E-state index is 12.7. The maximum absolute atomic E-state index is 12.7. The molecule has 1 atom stereocenters. The van der Waals surface area contributed by atoms with Crippen LogP contribution in [0.15, 0.2) is 35.5 Å². The molecule has 2 heterocycles. The largest absolute Gasteiger partial charge is 0.322 e. The van der Waals surface area contributed by atoms with Crippen LogP contribution in [0.25, 0.3) is 0 Å². The smallest absolute Gasteiger partial charge is 0.237 e. The summed E-state index contributed by atoms with van der Waals surface area (Å²) in [6.07, 6.45) is 0. The topological polar surface area (TPSA) is 77.6 Å². The first-order valence-corrected chi connectivity index (χ1v) is 9.66. The monoisotopic (exact) mass is 384 g/mol. The van der Waals surface area contributed by atoms with E-state index < -0.39 is 0 Å². The van der Waals surface area contributed by atoms with Gasteiger partial charge in [0.25, 0.3) is 0 Å². The number of aromatic nitrogens is 5. The first-order valence-electron chi connectivity index (χ1n) is 8.78. The van der Waals surface area contributed by atoms with E-state index in [-0.39, 0.29) is 11.2 Å². The van der Waals surface area contributed by atoms with E-state index in [0.29, 0.717) is 6.54 Å². The van der Waals surface area contributed by atoms with Gasteiger partial charge in [0.05, 0.1) is 28.9 Å². The summed E-state index contributed by atoms with van der Waals surface area (Å²) >= 11 is 1.41. The molecule has 0 fully saturated rings. The zero-order valence-electron chi connectivity index (χ0n) is 16.2. The molecule has 0 saturated heterocycles. The molecule has 0 aliphatic carbocycles. The first kappa shape index (κ1) is 19.2. The number of carbonyl (C=O) groups is 1. The summed E-state index contributed by atoms with van der Waals surface area (Å²) in [5, 5.41) is 16.2. The second-order valence-corrected chi connectivity index (χ2v) is 7.83. The van der Waals surface area contributed by atoms with Crippen LogP contribution in [0.5, 0.6) is 0 Å². The van der Waals surface area contributed by atoms with Gasteiger partial charge >= 0.3 is 0 Å². The van der Waals surface area contributed by atoms with Gasteiger partial charge in [0, 0.05) is 7.05 Å². The second kappa shape index (κ2) is 7.96. The van der Waals surface area contributed by atoms with E-state index in [1.807, 2.05) is 57.5 Å². The summed E-state index contributed by atoms with van der Waals surface area (Å²) in [6, 6.07) is 10.1. The fourth-order valence-electron chi connectivity index (χ4n) is 2.79. The summed E-state index contributed by atoms with van der Waals surface area (Å²) in [6.45, 7) is 8.30. The van der Waals surface area contributed by atoms with Crippen LogP contribution in [0, 0.1) is 20.8 Å². The zero-order valence-corrected chi connectivity index (χ0v) is 17.0. The van der Waals surface area contributed by atoms with Gasteiger partial charge in [-0.25, -0.2) is 0 Å². The molecule has 1 aromatic carbocycles. The van der Waals surface area contributed by atoms with E-state index in [1.54, 1.807) is 4.68 Å². The number of nitrogens with zero attached hydrogens (tertiary/aromatic N) is 5. The summed E-state index contributed by atoms with van der Waals surface area (Å²) in [5.74, 6) is 0.749. The molecule has 7 nitrogen and oxygen atoms in total. The van der Waals surface area contributed by atoms with Gasteiger partial charge < -0.3 is 9.88 Å². The molecule has 0 aliphatic heterocycles. The number of aryl methyl sites for hydroxylation is 3. The van der Waals surface area contributed by atoms with Crippen molar-refractivity contribution in [3.63, 3.8) is 0 Å². The van der Waals surface area contributed by atoms with Crippen molar-refractivity contribution in [3.8, 4) is 0 Å². The number of rotatable bonds is 6. The van der Waals surface area contributed by atoms with Crippen LogP contribution in [0.3, 0.4) is 0 Å². The predicted molar refractivity (Wildman–Crippen MR) is 107 cm³/mol. The lowest BCUT2D eigenvalue weighted by Gasteiger charge is -2.13. The molecule has 0 spiro atoms. The standard InChI is InChI=1S/C19H24N6OS/c1-12-17(13(2)24(5)23-12)20-18(26)14(3)27-19-22-21-15(4)25(19)11-16-9-7-6-8-10-16/h6-10,14H,11H2,1-5H3,(H,20,26)/t14-/m1/s1. The Morgan fingerprint density at radius 3 is 2.52 bits per heavy atom. The van der Waals surface area contributed by atoms with Crippen LogP contribution in [0.4, 0.5) is 5.69 Å². The van der Waals surface area contributed by atoms with Crippen molar-refractivity contribution in [3.05, 3.63) is 53.1 Å². The minimum atomic E-state index is -0.317. The molecule has 0 unspecified atom stereocenters. The highest BCUT2D eigenvalue weighted by Crippen LogP contribution is 2.25. The third-order valence-corrected chi connectivity index (χ3v) is 5.57. The zero-order chi connectivity index (χ0) is 19.6. The molecule has 3 rings (SSSR count). The number of hydrogen-bond acceptors (Lipinski definition) is 5. The number of amides is 1. The van der Waals surface area contributed by atoms with Gasteiger partial charge in [-0.05, 0) is 33.3 Å². The number of carbonyl (C=O) groups excluding carboxylic acids is 1. The van der Waals surface area contributed by atoms with Crippen LogP contribution in [0.1, 0.15) is 29.7 Å². The quantitative estimate of drug-likeness (QED) is 0.661. The van der Waals surface area contributed by atoms with Crippen molar-refractivity contribution in [1.29, 1.82) is 0 Å². The van der Waals surface area contributed by atoms with E-state index in [9.17, 15) is 4.79 Å². The van der Waals surface area contributed by atoms with Crippen LogP contribution < -0.4 is 5.32 Å². The lowest BCUT2D eigenvalue weighted by Crippen LogP contribution is -2.23. The van der Waals surface area contributed by atoms with Gasteiger partial charge in [-0.3, -0.25) is 9.48 Å². The lowest BCUT2D eigenvalue weighted by atomic mass is 10.2. The molecule has 2 aromatic heterocycles. The van der Waals surface area contributed by atoms with Gasteiger partial charge in [0.15, 0.2) is 5.16 Å². The molecule has 3 aromatic rings. The fraction of sp³-hybridized carbons (Fsp3) is 0.368. The van der Waals surface area contributed by atoms with Crippen molar-refractivity contribution in [1.82, 2.24) is 24.5 Å². The normalized spacial score (nSPS) is 12.2. The van der Waals surface area contributed by atoms with E-state index in [2.05, 4.69) is 32.7 Å². The number of nitrogens with one attached hydrogen (secondary N) is 1. The SMILES string of the molecule is Cc1nn(C)c(C)c1NC(=O)[C@@H](C)Sc1nnc(C)n1Cc1ccccc1. The third kappa shape index (κ3) is 4.21. The Bertz CT molecular complexity index is 947. The van der Waals surface area contributed by atoms with E-state index in [0.717, 1.165) is 28.1 Å². The van der Waals surface area contributed by atoms with Crippen molar-refractivity contribution in [2.75, 3.05) is 5.32 Å². The van der Waals surface area contributed by atoms with Gasteiger partial charge in [-0.1, -0.05) is 42.1 Å². The van der Waals surface area contributed by atoms with E-state index in [1.165, 1.54) is 17.3 Å². The van der Waals surface area contributed by atoms with Gasteiger partial charge in [-0.15, -0.1) is 10.2 Å². The molecule has 0 bridgehead atoms. The molecule has 142 valence electrons. The minimum Gasteiger partial charge on any atom is -0.322 e. The minimum absolute atomic E-state index is 0.0777. The Kier molecular flexibility index (Phi) is 5.65. The highest BCUT2D eigenvalue weighted by Gasteiger charge is 2.21. The Balaban J connectivity index is 1.72. The maximum Gasteiger partial charge on any atom is 0.237 e. The summed E-state index contributed by atoms with van der Waals surface area (Å²) in [7, 11) is 1.87. The summed E-state index contributed by atoms with van der Waals surface area (Å²) < 4.78 is 3.80. The molecular formula is C19H24N6OS. The molecule has 27 heavy (non-hydrogen) atoms. The Hall–Kier alpha value is -2.61. The van der Waals surface area contributed by atoms with Crippen LogP contribution >= 0.6 is 11.8 Å². The van der Waals surface area contributed by atoms with Crippen LogP contribution in [0.2, 0.25) is 0 Å². The summed E-state index contributed by atoms with van der Waals surface area (Å²) in [5.41, 5.74) is 3.68. The number of thioether (sulfide) groups is 1. The molecule has 1 amide bonds. The number of benzene rings is 1. The molecule has 0 aliphatic rings. The fourth-order valence-corrected chi connectivity index (χ4v) is 3.68. The Morgan fingerprint density at radius 2 is 1.89 bits per heavy atom. The van der Waals surface area contributed by atoms with E-state index in [4.69, 9.17) is 0 Å². The predicted octanol–water partition coefficient (Wildman–Crippen LogP) is 3.10. The molecule has 0 radical (unpaired) electrons. The Labute approximate surface area is 163 Å². The van der Waals surface area contributed by atoms with Crippen molar-refractivity contribution in [2.45, 2.75) is 44.6 Å². The highest BCUT2D eigenvalue weighted by molar-refractivity contribution is 8.00. The Morgan fingerprint density at radius 1 is 1.19 bits per heavy atom. The molecule has 0 saturated carbocycles. The van der Waals surface area contributed by atoms with Gasteiger partial charge in [-0.2, -0.15) is 5.10 Å². The molecular weight excluding hydrogens is 360 g/mol. The number of anilines is 1. The average molecular weight is 385 g/mol. The van der Waals surface area contributed by atoms with Crippen molar-refractivity contribution < 1.29 is 4.79 Å². The van der Waals surface area contributed by atoms with Crippen LogP contribution in [-0.4, -0.2) is 35.7 Å².